The molecule has 0 bridgehead atoms. The van der Waals surface area contributed by atoms with Gasteiger partial charge in [-0.25, -0.2) is 4.98 Å². The van der Waals surface area contributed by atoms with Crippen molar-refractivity contribution in [3.63, 3.8) is 0 Å². The first kappa shape index (κ1) is 12.9. The molecule has 1 aliphatic carbocycles. The second kappa shape index (κ2) is 5.48. The lowest BCUT2D eigenvalue weighted by atomic mass is 9.62. The SMILES string of the molecule is N#CC1(c2ccccc2)CC(NCCn2ccnc2)C1. The first-order chi connectivity index (χ1) is 9.82. The van der Waals surface area contributed by atoms with Crippen molar-refractivity contribution in [1.29, 1.82) is 5.26 Å². The fourth-order valence-corrected chi connectivity index (χ4v) is 2.89. The Balaban J connectivity index is 1.51. The van der Waals surface area contributed by atoms with Gasteiger partial charge in [-0.15, -0.1) is 0 Å². The van der Waals surface area contributed by atoms with Gasteiger partial charge in [0.05, 0.1) is 17.8 Å². The van der Waals surface area contributed by atoms with Crippen LogP contribution in [0.5, 0.6) is 0 Å². The number of hydrogen-bond donors (Lipinski definition) is 1. The van der Waals surface area contributed by atoms with Crippen molar-refractivity contribution >= 4 is 0 Å². The summed E-state index contributed by atoms with van der Waals surface area (Å²) >= 11 is 0. The Bertz CT molecular complexity index is 577. The van der Waals surface area contributed by atoms with Gasteiger partial charge in [-0.2, -0.15) is 5.26 Å². The third kappa shape index (κ3) is 2.45. The highest BCUT2D eigenvalue weighted by Gasteiger charge is 2.45. The number of benzene rings is 1. The molecule has 2 aromatic rings. The largest absolute Gasteiger partial charge is 0.336 e. The van der Waals surface area contributed by atoms with Crippen molar-refractivity contribution in [3.8, 4) is 6.07 Å². The van der Waals surface area contributed by atoms with Gasteiger partial charge in [0, 0.05) is 31.5 Å². The molecule has 0 atom stereocenters. The summed E-state index contributed by atoms with van der Waals surface area (Å²) in [7, 11) is 0. The highest BCUT2D eigenvalue weighted by atomic mass is 15.1. The van der Waals surface area contributed by atoms with Crippen LogP contribution >= 0.6 is 0 Å². The maximum absolute atomic E-state index is 9.49. The van der Waals surface area contributed by atoms with Gasteiger partial charge >= 0.3 is 0 Å². The van der Waals surface area contributed by atoms with Crippen molar-refractivity contribution in [2.75, 3.05) is 6.54 Å². The number of hydrogen-bond acceptors (Lipinski definition) is 3. The smallest absolute Gasteiger partial charge is 0.0946 e. The van der Waals surface area contributed by atoms with Crippen LogP contribution in [0.4, 0.5) is 0 Å². The van der Waals surface area contributed by atoms with Gasteiger partial charge in [0.1, 0.15) is 0 Å². The van der Waals surface area contributed by atoms with E-state index in [4.69, 9.17) is 0 Å². The molecule has 0 spiro atoms. The predicted molar refractivity (Wildman–Crippen MR) is 77.0 cm³/mol. The zero-order valence-electron chi connectivity index (χ0n) is 11.4. The molecule has 0 radical (unpaired) electrons. The minimum atomic E-state index is -0.284. The third-order valence-corrected chi connectivity index (χ3v) is 4.09. The van der Waals surface area contributed by atoms with Gasteiger partial charge in [0.2, 0.25) is 0 Å². The molecule has 20 heavy (non-hydrogen) atoms. The summed E-state index contributed by atoms with van der Waals surface area (Å²) in [6.07, 6.45) is 7.38. The fourth-order valence-electron chi connectivity index (χ4n) is 2.89. The summed E-state index contributed by atoms with van der Waals surface area (Å²) in [6, 6.07) is 13.1. The summed E-state index contributed by atoms with van der Waals surface area (Å²) in [6.45, 7) is 1.83. The van der Waals surface area contributed by atoms with Crippen molar-refractivity contribution in [1.82, 2.24) is 14.9 Å². The van der Waals surface area contributed by atoms with Gasteiger partial charge in [0.25, 0.3) is 0 Å². The minimum absolute atomic E-state index is 0.284. The average molecular weight is 266 g/mol. The van der Waals surface area contributed by atoms with Crippen LogP contribution in [0, 0.1) is 11.3 Å². The van der Waals surface area contributed by atoms with Crippen LogP contribution in [-0.2, 0) is 12.0 Å². The monoisotopic (exact) mass is 266 g/mol. The molecular weight excluding hydrogens is 248 g/mol. The molecule has 1 N–H and O–H groups in total. The molecule has 0 saturated heterocycles. The van der Waals surface area contributed by atoms with E-state index in [1.807, 2.05) is 30.7 Å². The summed E-state index contributed by atoms with van der Waals surface area (Å²) in [5.74, 6) is 0. The van der Waals surface area contributed by atoms with Crippen LogP contribution in [0.2, 0.25) is 0 Å². The highest BCUT2D eigenvalue weighted by Crippen LogP contribution is 2.43. The molecule has 1 aliphatic rings. The molecule has 1 saturated carbocycles. The molecule has 0 amide bonds. The van der Waals surface area contributed by atoms with E-state index >= 15 is 0 Å². The van der Waals surface area contributed by atoms with Crippen LogP contribution in [0.3, 0.4) is 0 Å². The number of nitrogens with one attached hydrogen (secondary N) is 1. The molecule has 4 heteroatoms. The topological polar surface area (TPSA) is 53.6 Å². The Labute approximate surface area is 119 Å². The van der Waals surface area contributed by atoms with E-state index in [2.05, 4.69) is 33.1 Å². The van der Waals surface area contributed by atoms with Gasteiger partial charge < -0.3 is 9.88 Å². The van der Waals surface area contributed by atoms with E-state index in [0.29, 0.717) is 6.04 Å². The zero-order chi connectivity index (χ0) is 13.8. The minimum Gasteiger partial charge on any atom is -0.336 e. The summed E-state index contributed by atoms with van der Waals surface area (Å²) < 4.78 is 2.06. The summed E-state index contributed by atoms with van der Waals surface area (Å²) in [4.78, 5) is 4.02. The zero-order valence-corrected chi connectivity index (χ0v) is 11.4. The van der Waals surface area contributed by atoms with Crippen molar-refractivity contribution < 1.29 is 0 Å². The van der Waals surface area contributed by atoms with E-state index in [1.165, 1.54) is 0 Å². The molecule has 4 nitrogen and oxygen atoms in total. The highest BCUT2D eigenvalue weighted by molar-refractivity contribution is 5.36. The molecule has 102 valence electrons. The first-order valence-corrected chi connectivity index (χ1v) is 6.98. The fraction of sp³-hybridized carbons (Fsp3) is 0.375. The van der Waals surface area contributed by atoms with Gasteiger partial charge in [-0.05, 0) is 18.4 Å². The third-order valence-electron chi connectivity index (χ3n) is 4.09. The summed E-state index contributed by atoms with van der Waals surface area (Å²) in [5, 5.41) is 13.0. The normalized spacial score (nSPS) is 24.9. The lowest BCUT2D eigenvalue weighted by Gasteiger charge is -2.43. The van der Waals surface area contributed by atoms with E-state index in [1.54, 1.807) is 6.20 Å². The Morgan fingerprint density at radius 3 is 2.80 bits per heavy atom. The van der Waals surface area contributed by atoms with Gasteiger partial charge in [-0.3, -0.25) is 0 Å². The van der Waals surface area contributed by atoms with Crippen LogP contribution in [0.15, 0.2) is 49.1 Å². The molecule has 1 aromatic carbocycles. The van der Waals surface area contributed by atoms with Crippen LogP contribution < -0.4 is 5.32 Å². The molecular formula is C16H18N4. The second-order valence-corrected chi connectivity index (χ2v) is 5.42. The van der Waals surface area contributed by atoms with E-state index in [0.717, 1.165) is 31.5 Å². The molecule has 1 heterocycles. The second-order valence-electron chi connectivity index (χ2n) is 5.42. The number of aromatic nitrogens is 2. The molecule has 0 aliphatic heterocycles. The first-order valence-electron chi connectivity index (χ1n) is 6.98. The van der Waals surface area contributed by atoms with Gasteiger partial charge in [0.15, 0.2) is 0 Å². The molecule has 1 fully saturated rings. The van der Waals surface area contributed by atoms with Crippen LogP contribution in [-0.4, -0.2) is 22.1 Å². The van der Waals surface area contributed by atoms with E-state index < -0.39 is 0 Å². The Morgan fingerprint density at radius 1 is 1.35 bits per heavy atom. The number of rotatable bonds is 5. The molecule has 0 unspecified atom stereocenters. The van der Waals surface area contributed by atoms with E-state index in [-0.39, 0.29) is 5.41 Å². The lowest BCUT2D eigenvalue weighted by molar-refractivity contribution is 0.225. The number of imidazole rings is 1. The van der Waals surface area contributed by atoms with E-state index in [9.17, 15) is 5.26 Å². The van der Waals surface area contributed by atoms with Crippen molar-refractivity contribution in [2.24, 2.45) is 0 Å². The Kier molecular flexibility index (Phi) is 3.53. The average Bonchev–Trinajstić information content (AvgIpc) is 2.96. The van der Waals surface area contributed by atoms with Crippen LogP contribution in [0.25, 0.3) is 0 Å². The van der Waals surface area contributed by atoms with Crippen molar-refractivity contribution in [2.45, 2.75) is 30.8 Å². The number of nitrogens with zero attached hydrogens (tertiary/aromatic N) is 3. The lowest BCUT2D eigenvalue weighted by Crippen LogP contribution is -2.51. The number of nitriles is 1. The Hall–Kier alpha value is -2.12. The van der Waals surface area contributed by atoms with Crippen LogP contribution in [0.1, 0.15) is 18.4 Å². The maximum Gasteiger partial charge on any atom is 0.0946 e. The standard InChI is InChI=1S/C16H18N4/c17-12-16(14-4-2-1-3-5-14)10-15(11-16)19-7-9-20-8-6-18-13-20/h1-6,8,13,15,19H,7,9-11H2. The molecule has 3 rings (SSSR count). The van der Waals surface area contributed by atoms with Gasteiger partial charge in [-0.1, -0.05) is 30.3 Å². The maximum atomic E-state index is 9.49. The molecule has 1 aromatic heterocycles. The van der Waals surface area contributed by atoms with Crippen molar-refractivity contribution in [3.05, 3.63) is 54.6 Å². The predicted octanol–water partition coefficient (Wildman–Crippen LogP) is 2.10. The summed E-state index contributed by atoms with van der Waals surface area (Å²) in [5.41, 5.74) is 0.864. The quantitative estimate of drug-likeness (QED) is 0.901. The Morgan fingerprint density at radius 2 is 2.15 bits per heavy atom.